The molecule has 2 rings (SSSR count). The quantitative estimate of drug-likeness (QED) is 0.388. The highest BCUT2D eigenvalue weighted by Crippen LogP contribution is 2.32. The molecule has 4 atom stereocenters. The van der Waals surface area contributed by atoms with E-state index in [0.717, 1.165) is 18.5 Å². The van der Waals surface area contributed by atoms with Gasteiger partial charge in [-0.3, -0.25) is 4.90 Å². The van der Waals surface area contributed by atoms with Gasteiger partial charge >= 0.3 is 11.9 Å². The van der Waals surface area contributed by atoms with Crippen LogP contribution < -0.4 is 0 Å². The van der Waals surface area contributed by atoms with Gasteiger partial charge in [-0.2, -0.15) is 0 Å². The number of hydrogen-bond acceptors (Lipinski definition) is 7. The smallest absolute Gasteiger partial charge is 0.341 e. The zero-order valence-corrected chi connectivity index (χ0v) is 16.8. The lowest BCUT2D eigenvalue weighted by Crippen LogP contribution is -2.53. The lowest BCUT2D eigenvalue weighted by molar-refractivity contribution is -0.183. The van der Waals surface area contributed by atoms with Crippen LogP contribution in [-0.4, -0.2) is 70.6 Å². The van der Waals surface area contributed by atoms with Crippen molar-refractivity contribution < 1.29 is 29.3 Å². The summed E-state index contributed by atoms with van der Waals surface area (Å²) in [6.45, 7) is 9.68. The van der Waals surface area contributed by atoms with E-state index >= 15 is 0 Å². The van der Waals surface area contributed by atoms with Gasteiger partial charge in [-0.25, -0.2) is 9.59 Å². The molecule has 7 nitrogen and oxygen atoms in total. The number of aliphatic hydroxyl groups is 2. The molecular weight excluding hydrogens is 350 g/mol. The predicted octanol–water partition coefficient (Wildman–Crippen LogP) is 1.19. The molecular formula is C20H31NO6. The Hall–Kier alpha value is -1.70. The number of carbonyl (C=O) groups is 2. The van der Waals surface area contributed by atoms with Crippen LogP contribution in [0, 0.1) is 5.92 Å². The molecule has 0 bridgehead atoms. The molecule has 0 aromatic carbocycles. The van der Waals surface area contributed by atoms with Crippen molar-refractivity contribution in [2.45, 2.75) is 64.9 Å². The Morgan fingerprint density at radius 1 is 1.41 bits per heavy atom. The molecule has 1 fully saturated rings. The summed E-state index contributed by atoms with van der Waals surface area (Å²) >= 11 is 0. The molecule has 0 saturated carbocycles. The molecule has 27 heavy (non-hydrogen) atoms. The third-order valence-electron chi connectivity index (χ3n) is 5.64. The molecule has 2 aliphatic rings. The molecule has 2 N–H and O–H groups in total. The van der Waals surface area contributed by atoms with Crippen molar-refractivity contribution in [1.29, 1.82) is 0 Å². The Morgan fingerprint density at radius 3 is 2.63 bits per heavy atom. The highest BCUT2D eigenvalue weighted by Gasteiger charge is 2.47. The van der Waals surface area contributed by atoms with Crippen LogP contribution in [0.25, 0.3) is 0 Å². The van der Waals surface area contributed by atoms with Crippen molar-refractivity contribution in [3.63, 3.8) is 0 Å². The summed E-state index contributed by atoms with van der Waals surface area (Å²) in [6, 6.07) is -0.120. The van der Waals surface area contributed by atoms with Gasteiger partial charge < -0.3 is 19.7 Å². The maximum absolute atomic E-state index is 12.4. The van der Waals surface area contributed by atoms with E-state index in [1.165, 1.54) is 6.92 Å². The van der Waals surface area contributed by atoms with E-state index in [1.807, 2.05) is 6.08 Å². The molecule has 0 aliphatic carbocycles. The average molecular weight is 381 g/mol. The summed E-state index contributed by atoms with van der Waals surface area (Å²) in [6.07, 6.45) is 2.87. The van der Waals surface area contributed by atoms with Gasteiger partial charge in [0.05, 0.1) is 12.1 Å². The Bertz CT molecular complexity index is 628. The highest BCUT2D eigenvalue weighted by atomic mass is 16.6. The van der Waals surface area contributed by atoms with Crippen LogP contribution in [0.15, 0.2) is 23.3 Å². The number of fused-ring (bicyclic) bond motifs is 1. The summed E-state index contributed by atoms with van der Waals surface area (Å²) in [4.78, 5) is 26.7. The first-order valence-corrected chi connectivity index (χ1v) is 9.47. The molecule has 2 heterocycles. The lowest BCUT2D eigenvalue weighted by atomic mass is 9.85. The molecule has 0 aromatic rings. The minimum Gasteiger partial charge on any atom is -0.459 e. The van der Waals surface area contributed by atoms with E-state index in [0.29, 0.717) is 12.1 Å². The molecule has 1 saturated heterocycles. The summed E-state index contributed by atoms with van der Waals surface area (Å²) in [7, 11) is 0. The number of carbonyl (C=O) groups excluding carboxylic acids is 2. The first-order chi connectivity index (χ1) is 12.6. The van der Waals surface area contributed by atoms with Crippen LogP contribution in [0.1, 0.15) is 41.0 Å². The lowest BCUT2D eigenvalue weighted by Gasteiger charge is -2.32. The zero-order chi connectivity index (χ0) is 20.4. The first-order valence-electron chi connectivity index (χ1n) is 9.47. The normalized spacial score (nSPS) is 26.4. The van der Waals surface area contributed by atoms with Crippen molar-refractivity contribution >= 4 is 11.9 Å². The Morgan fingerprint density at radius 2 is 2.07 bits per heavy atom. The largest absolute Gasteiger partial charge is 0.459 e. The van der Waals surface area contributed by atoms with Crippen molar-refractivity contribution in [2.75, 3.05) is 19.7 Å². The predicted molar refractivity (Wildman–Crippen MR) is 99.8 cm³/mol. The fourth-order valence-corrected chi connectivity index (χ4v) is 3.63. The molecule has 0 amide bonds. The van der Waals surface area contributed by atoms with Gasteiger partial charge in [0.25, 0.3) is 0 Å². The second kappa shape index (κ2) is 8.54. The SMILES string of the molecule is CC=C(C)C(=O)O[C@@H]1CCN2CC=C(COC(=O)C(O)(C(C)C)C(C)O)[C@H]12. The molecule has 7 heteroatoms. The van der Waals surface area contributed by atoms with Gasteiger partial charge in [-0.15, -0.1) is 0 Å². The zero-order valence-electron chi connectivity index (χ0n) is 16.8. The van der Waals surface area contributed by atoms with Crippen LogP contribution in [-0.2, 0) is 19.1 Å². The minimum atomic E-state index is -1.95. The van der Waals surface area contributed by atoms with Crippen LogP contribution in [0.2, 0.25) is 0 Å². The summed E-state index contributed by atoms with van der Waals surface area (Å²) in [5, 5.41) is 20.4. The van der Waals surface area contributed by atoms with Gasteiger partial charge in [0.15, 0.2) is 5.60 Å². The van der Waals surface area contributed by atoms with Crippen molar-refractivity contribution in [3.05, 3.63) is 23.3 Å². The Balaban J connectivity index is 2.03. The Kier molecular flexibility index (Phi) is 6.83. The average Bonchev–Trinajstić information content (AvgIpc) is 3.20. The maximum atomic E-state index is 12.4. The van der Waals surface area contributed by atoms with E-state index in [4.69, 9.17) is 9.47 Å². The third-order valence-corrected chi connectivity index (χ3v) is 5.64. The number of nitrogens with zero attached hydrogens (tertiary/aromatic N) is 1. The highest BCUT2D eigenvalue weighted by molar-refractivity contribution is 5.87. The van der Waals surface area contributed by atoms with Crippen molar-refractivity contribution in [2.24, 2.45) is 5.92 Å². The minimum absolute atomic E-state index is 0.00159. The van der Waals surface area contributed by atoms with Gasteiger partial charge in [0, 0.05) is 18.7 Å². The number of ether oxygens (including phenoxy) is 2. The summed E-state index contributed by atoms with van der Waals surface area (Å²) < 4.78 is 11.0. The maximum Gasteiger partial charge on any atom is 0.341 e. The molecule has 152 valence electrons. The number of rotatable bonds is 7. The molecule has 2 unspecified atom stereocenters. The monoisotopic (exact) mass is 381 g/mol. The third kappa shape index (κ3) is 4.25. The van der Waals surface area contributed by atoms with Crippen molar-refractivity contribution in [3.8, 4) is 0 Å². The topological polar surface area (TPSA) is 96.3 Å². The van der Waals surface area contributed by atoms with Crippen molar-refractivity contribution in [1.82, 2.24) is 4.90 Å². The standard InChI is InChI=1S/C20H31NO6/c1-6-13(4)18(23)27-16-8-10-21-9-7-15(17(16)21)11-26-19(24)20(25,12(2)3)14(5)22/h6-7,12,14,16-17,22,25H,8-11H2,1-5H3/t14?,16-,17-,20?/m1/s1. The van der Waals surface area contributed by atoms with Crippen LogP contribution in [0.3, 0.4) is 0 Å². The Labute approximate surface area is 160 Å². The number of esters is 2. The second-order valence-corrected chi connectivity index (χ2v) is 7.66. The number of aliphatic hydroxyl groups excluding tert-OH is 1. The fraction of sp³-hybridized carbons (Fsp3) is 0.700. The summed E-state index contributed by atoms with van der Waals surface area (Å²) in [5.41, 5.74) is -0.542. The van der Waals surface area contributed by atoms with E-state index in [-0.39, 0.29) is 24.7 Å². The molecule has 0 spiro atoms. The molecule has 2 aliphatic heterocycles. The number of allylic oxidation sites excluding steroid dienone is 1. The van der Waals surface area contributed by atoms with Crippen LogP contribution in [0.5, 0.6) is 0 Å². The van der Waals surface area contributed by atoms with Gasteiger partial charge in [-0.05, 0) is 38.7 Å². The van der Waals surface area contributed by atoms with Crippen LogP contribution in [0.4, 0.5) is 0 Å². The summed E-state index contributed by atoms with van der Waals surface area (Å²) in [5.74, 6) is -1.68. The van der Waals surface area contributed by atoms with Gasteiger partial charge in [0.1, 0.15) is 12.7 Å². The van der Waals surface area contributed by atoms with Crippen LogP contribution >= 0.6 is 0 Å². The first kappa shape index (κ1) is 21.6. The van der Waals surface area contributed by atoms with E-state index in [9.17, 15) is 19.8 Å². The molecule has 0 radical (unpaired) electrons. The number of hydrogen-bond donors (Lipinski definition) is 2. The van der Waals surface area contributed by atoms with E-state index < -0.39 is 23.6 Å². The fourth-order valence-electron chi connectivity index (χ4n) is 3.63. The van der Waals surface area contributed by atoms with E-state index in [2.05, 4.69) is 4.90 Å². The van der Waals surface area contributed by atoms with E-state index in [1.54, 1.807) is 33.8 Å². The van der Waals surface area contributed by atoms with Gasteiger partial charge in [-0.1, -0.05) is 26.0 Å². The van der Waals surface area contributed by atoms with Gasteiger partial charge in [0.2, 0.25) is 0 Å². The molecule has 0 aromatic heterocycles. The second-order valence-electron chi connectivity index (χ2n) is 7.66.